The van der Waals surface area contributed by atoms with Crippen molar-refractivity contribution in [2.45, 2.75) is 37.5 Å². The first kappa shape index (κ1) is 28.0. The van der Waals surface area contributed by atoms with Gasteiger partial charge in [-0.25, -0.2) is 0 Å². The number of hydrogen-bond acceptors (Lipinski definition) is 1. The summed E-state index contributed by atoms with van der Waals surface area (Å²) >= 11 is 0. The Hall–Kier alpha value is -5.60. The van der Waals surface area contributed by atoms with Gasteiger partial charge in [-0.15, -0.1) is 0 Å². The first-order valence-electron chi connectivity index (χ1n) is 19.4. The zero-order valence-electron chi connectivity index (χ0n) is 29.0. The van der Waals surface area contributed by atoms with Gasteiger partial charge in [0.25, 0.3) is 0 Å². The van der Waals surface area contributed by atoms with Crippen LogP contribution < -0.4 is 4.74 Å². The number of fused-ring (bicyclic) bond motifs is 8. The molecule has 1 aliphatic heterocycles. The number of nitrogens with zero attached hydrogens (tertiary/aromatic N) is 1. The summed E-state index contributed by atoms with van der Waals surface area (Å²) in [6, 6.07) is 52.4. The first-order valence-corrected chi connectivity index (χ1v) is 19.4. The molecule has 0 radical (unpaired) electrons. The number of rotatable bonds is 2. The number of benzene rings is 7. The normalized spacial score (nSPS) is 24.4. The molecule has 5 aliphatic carbocycles. The molecule has 0 atom stereocenters. The summed E-state index contributed by atoms with van der Waals surface area (Å²) < 4.78 is 9.22. The van der Waals surface area contributed by atoms with Crippen LogP contribution in [0.2, 0.25) is 0 Å². The van der Waals surface area contributed by atoms with Crippen LogP contribution >= 0.6 is 0 Å². The van der Waals surface area contributed by atoms with E-state index in [0.717, 1.165) is 35.2 Å². The highest BCUT2D eigenvalue weighted by Gasteiger charge is 2.61. The molecule has 2 heteroatoms. The molecule has 2 nitrogen and oxygen atoms in total. The van der Waals surface area contributed by atoms with Gasteiger partial charge in [-0.05, 0) is 131 Å². The topological polar surface area (TPSA) is 14.2 Å². The number of ether oxygens (including phenoxy) is 1. The van der Waals surface area contributed by atoms with Crippen molar-refractivity contribution in [1.82, 2.24) is 4.57 Å². The minimum absolute atomic E-state index is 0.167. The number of para-hydroxylation sites is 2. The molecule has 4 bridgehead atoms. The van der Waals surface area contributed by atoms with Crippen molar-refractivity contribution >= 4 is 32.6 Å². The third kappa shape index (κ3) is 3.38. The molecule has 0 saturated heterocycles. The lowest BCUT2D eigenvalue weighted by Crippen LogP contribution is -2.55. The molecule has 8 aromatic rings. The lowest BCUT2D eigenvalue weighted by atomic mass is 9.43. The number of hydrogen-bond donors (Lipinski definition) is 0. The van der Waals surface area contributed by atoms with Crippen LogP contribution in [0, 0.1) is 23.7 Å². The minimum Gasteiger partial charge on any atom is -0.456 e. The highest BCUT2D eigenvalue weighted by molar-refractivity contribution is 6.13. The summed E-state index contributed by atoms with van der Waals surface area (Å²) in [6.45, 7) is 0. The van der Waals surface area contributed by atoms with Crippen LogP contribution in [0.25, 0.3) is 71.6 Å². The molecule has 248 valence electrons. The Balaban J connectivity index is 1.01. The number of aromatic nitrogens is 1. The predicted molar refractivity (Wildman–Crippen MR) is 212 cm³/mol. The molecule has 1 spiro atoms. The Morgan fingerprint density at radius 1 is 0.481 bits per heavy atom. The predicted octanol–water partition coefficient (Wildman–Crippen LogP) is 13.1. The van der Waals surface area contributed by atoms with Gasteiger partial charge in [0, 0.05) is 32.5 Å². The monoisotopic (exact) mass is 667 g/mol. The average Bonchev–Trinajstić information content (AvgIpc) is 3.68. The van der Waals surface area contributed by atoms with Crippen LogP contribution in [0.15, 0.2) is 140 Å². The smallest absolute Gasteiger partial charge is 0.136 e. The molecule has 1 aromatic heterocycles. The van der Waals surface area contributed by atoms with Crippen molar-refractivity contribution in [1.29, 1.82) is 0 Å². The third-order valence-electron chi connectivity index (χ3n) is 14.2. The Kier molecular flexibility index (Phi) is 5.30. The van der Waals surface area contributed by atoms with Gasteiger partial charge in [-0.2, -0.15) is 0 Å². The van der Waals surface area contributed by atoms with Gasteiger partial charge < -0.3 is 9.30 Å². The fourth-order valence-electron chi connectivity index (χ4n) is 12.6. The van der Waals surface area contributed by atoms with Crippen LogP contribution in [0.5, 0.6) is 11.5 Å². The molecule has 4 saturated carbocycles. The van der Waals surface area contributed by atoms with E-state index in [4.69, 9.17) is 4.74 Å². The van der Waals surface area contributed by atoms with Crippen molar-refractivity contribution in [2.24, 2.45) is 23.7 Å². The molecule has 52 heavy (non-hydrogen) atoms. The standard InChI is InChI=1S/C50H37NO/c1-4-15-41-38(11-1)48-34(12-8-16-42(48)50(41)32-24-29-23-30(26-32)27-33(50)25-29)31-19-21-46-40(28-31)37-13-7-14-39-45(20-22-47(52-46)49(37)39)51-43-17-5-2-9-35(43)36-10-3-6-18-44(36)51/h1-22,28-30,32-33H,23-27H2. The van der Waals surface area contributed by atoms with Gasteiger partial charge in [0.15, 0.2) is 0 Å². The van der Waals surface area contributed by atoms with E-state index < -0.39 is 0 Å². The van der Waals surface area contributed by atoms with Crippen LogP contribution in [-0.4, -0.2) is 4.57 Å². The van der Waals surface area contributed by atoms with Gasteiger partial charge in [-0.1, -0.05) is 103 Å². The summed E-state index contributed by atoms with van der Waals surface area (Å²) in [5.41, 5.74) is 15.0. The van der Waals surface area contributed by atoms with E-state index in [0.29, 0.717) is 0 Å². The van der Waals surface area contributed by atoms with E-state index in [1.165, 1.54) is 104 Å². The fourth-order valence-corrected chi connectivity index (χ4v) is 12.6. The van der Waals surface area contributed by atoms with Gasteiger partial charge in [0.1, 0.15) is 11.5 Å². The Bertz CT molecular complexity index is 2770. The minimum atomic E-state index is 0.167. The summed E-state index contributed by atoms with van der Waals surface area (Å²) in [7, 11) is 0. The van der Waals surface area contributed by atoms with E-state index in [-0.39, 0.29) is 5.41 Å². The Morgan fingerprint density at radius 2 is 1.10 bits per heavy atom. The van der Waals surface area contributed by atoms with Crippen molar-refractivity contribution in [3.8, 4) is 50.6 Å². The third-order valence-corrected chi connectivity index (χ3v) is 14.2. The fraction of sp³-hybridized carbons (Fsp3) is 0.200. The molecule has 7 aromatic carbocycles. The van der Waals surface area contributed by atoms with Crippen LogP contribution in [0.4, 0.5) is 0 Å². The second-order valence-electron chi connectivity index (χ2n) is 16.4. The quantitative estimate of drug-likeness (QED) is 0.179. The summed E-state index contributed by atoms with van der Waals surface area (Å²) in [5.74, 6) is 5.25. The summed E-state index contributed by atoms with van der Waals surface area (Å²) in [4.78, 5) is 0. The molecule has 14 rings (SSSR count). The van der Waals surface area contributed by atoms with Crippen molar-refractivity contribution < 1.29 is 4.74 Å². The summed E-state index contributed by atoms with van der Waals surface area (Å²) in [6.07, 6.45) is 7.09. The molecule has 0 unspecified atom stereocenters. The molecular formula is C50H37NO. The van der Waals surface area contributed by atoms with E-state index >= 15 is 0 Å². The average molecular weight is 668 g/mol. The maximum Gasteiger partial charge on any atom is 0.136 e. The molecule has 0 amide bonds. The zero-order chi connectivity index (χ0) is 33.7. The molecular weight excluding hydrogens is 631 g/mol. The van der Waals surface area contributed by atoms with Gasteiger partial charge >= 0.3 is 0 Å². The maximum absolute atomic E-state index is 6.78. The highest BCUT2D eigenvalue weighted by atomic mass is 16.5. The molecule has 6 aliphatic rings. The second kappa shape index (κ2) is 9.83. The van der Waals surface area contributed by atoms with Crippen LogP contribution in [0.1, 0.15) is 43.2 Å². The van der Waals surface area contributed by atoms with Crippen molar-refractivity contribution in [3.05, 3.63) is 151 Å². The molecule has 0 N–H and O–H groups in total. The van der Waals surface area contributed by atoms with Crippen molar-refractivity contribution in [2.75, 3.05) is 0 Å². The Labute approximate surface area is 303 Å². The van der Waals surface area contributed by atoms with Crippen LogP contribution in [0.3, 0.4) is 0 Å². The second-order valence-corrected chi connectivity index (χ2v) is 16.4. The highest BCUT2D eigenvalue weighted by Crippen LogP contribution is 2.70. The van der Waals surface area contributed by atoms with E-state index in [9.17, 15) is 0 Å². The SMILES string of the molecule is c1ccc2c(c1)-c1c(-c3ccc4c(c3)-c3cccc5c(-n6c7ccccc7c7ccccc76)ccc(c35)O4)cccc1C21C2CC3CC(C2)CC1C3. The van der Waals surface area contributed by atoms with Gasteiger partial charge in [0.2, 0.25) is 0 Å². The van der Waals surface area contributed by atoms with E-state index in [1.54, 1.807) is 11.1 Å². The van der Waals surface area contributed by atoms with Gasteiger partial charge in [0.05, 0.1) is 16.7 Å². The molecule has 4 fully saturated rings. The van der Waals surface area contributed by atoms with E-state index in [2.05, 4.69) is 144 Å². The maximum atomic E-state index is 6.78. The van der Waals surface area contributed by atoms with Crippen molar-refractivity contribution in [3.63, 3.8) is 0 Å². The van der Waals surface area contributed by atoms with Gasteiger partial charge in [-0.3, -0.25) is 0 Å². The lowest BCUT2D eigenvalue weighted by Gasteiger charge is -2.61. The Morgan fingerprint density at radius 3 is 1.88 bits per heavy atom. The largest absolute Gasteiger partial charge is 0.456 e. The lowest BCUT2D eigenvalue weighted by molar-refractivity contribution is -0.0399. The summed E-state index contributed by atoms with van der Waals surface area (Å²) in [5, 5.41) is 4.94. The van der Waals surface area contributed by atoms with Crippen LogP contribution in [-0.2, 0) is 5.41 Å². The molecule has 2 heterocycles. The zero-order valence-corrected chi connectivity index (χ0v) is 29.0. The first-order chi connectivity index (χ1) is 25.8. The van der Waals surface area contributed by atoms with E-state index in [1.807, 2.05) is 0 Å².